The first kappa shape index (κ1) is 14.3. The Balaban J connectivity index is 2.11. The fraction of sp³-hybridized carbons (Fsp3) is 0.500. The van der Waals surface area contributed by atoms with Crippen molar-refractivity contribution in [2.24, 2.45) is 0 Å². The minimum absolute atomic E-state index is 0.155. The van der Waals surface area contributed by atoms with Gasteiger partial charge in [0.05, 0.1) is 11.6 Å². The smallest absolute Gasteiger partial charge is 0.255 e. The average Bonchev–Trinajstić information content (AvgIpc) is 2.96. The van der Waals surface area contributed by atoms with Crippen molar-refractivity contribution in [2.75, 3.05) is 0 Å². The minimum Gasteiger partial charge on any atom is -0.466 e. The molecule has 0 fully saturated rings. The van der Waals surface area contributed by atoms with Crippen molar-refractivity contribution >= 4 is 5.91 Å². The number of nitrogens with one attached hydrogen (secondary N) is 1. The van der Waals surface area contributed by atoms with Gasteiger partial charge < -0.3 is 9.73 Å². The van der Waals surface area contributed by atoms with Gasteiger partial charge in [-0.15, -0.1) is 0 Å². The summed E-state index contributed by atoms with van der Waals surface area (Å²) in [6.07, 6.45) is 2.48. The molecule has 20 heavy (non-hydrogen) atoms. The Morgan fingerprint density at radius 3 is 2.85 bits per heavy atom. The Bertz CT molecular complexity index is 600. The van der Waals surface area contributed by atoms with E-state index in [9.17, 15) is 4.79 Å². The first-order chi connectivity index (χ1) is 9.52. The molecular weight excluding hydrogens is 256 g/mol. The van der Waals surface area contributed by atoms with E-state index in [2.05, 4.69) is 22.3 Å². The molecule has 0 aliphatic rings. The van der Waals surface area contributed by atoms with E-state index in [1.54, 1.807) is 13.0 Å². The van der Waals surface area contributed by atoms with Crippen LogP contribution in [0.4, 0.5) is 0 Å². The van der Waals surface area contributed by atoms with Crippen LogP contribution in [-0.4, -0.2) is 20.7 Å². The van der Waals surface area contributed by atoms with Gasteiger partial charge in [-0.2, -0.15) is 5.10 Å². The second-order valence-corrected chi connectivity index (χ2v) is 4.86. The van der Waals surface area contributed by atoms with E-state index in [4.69, 9.17) is 4.42 Å². The van der Waals surface area contributed by atoms with Crippen LogP contribution in [0.5, 0.6) is 0 Å². The lowest BCUT2D eigenvalue weighted by Gasteiger charge is -2.14. The number of aryl methyl sites for hydroxylation is 3. The van der Waals surface area contributed by atoms with Crippen molar-refractivity contribution in [1.82, 2.24) is 20.1 Å². The van der Waals surface area contributed by atoms with Crippen molar-refractivity contribution in [3.05, 3.63) is 35.3 Å². The first-order valence-electron chi connectivity index (χ1n) is 6.78. The number of carbonyl (C=O) groups is 1. The van der Waals surface area contributed by atoms with Crippen LogP contribution in [-0.2, 0) is 6.54 Å². The summed E-state index contributed by atoms with van der Waals surface area (Å²) in [4.78, 5) is 16.4. The maximum Gasteiger partial charge on any atom is 0.255 e. The molecule has 0 aliphatic heterocycles. The Kier molecular flexibility index (Phi) is 4.22. The summed E-state index contributed by atoms with van der Waals surface area (Å²) < 4.78 is 7.19. The summed E-state index contributed by atoms with van der Waals surface area (Å²) in [5.74, 6) is 1.97. The molecule has 6 nitrogen and oxygen atoms in total. The number of hydrogen-bond donors (Lipinski definition) is 1. The number of aromatic nitrogens is 3. The van der Waals surface area contributed by atoms with Gasteiger partial charge in [-0.05, 0) is 33.3 Å². The molecular formula is C14H20N4O2. The zero-order valence-electron chi connectivity index (χ0n) is 12.3. The number of nitrogens with zero attached hydrogens (tertiary/aromatic N) is 3. The van der Waals surface area contributed by atoms with Gasteiger partial charge in [0.2, 0.25) is 0 Å². The third kappa shape index (κ3) is 2.89. The minimum atomic E-state index is -0.203. The van der Waals surface area contributed by atoms with Crippen LogP contribution >= 0.6 is 0 Å². The molecule has 0 radical (unpaired) electrons. The topological polar surface area (TPSA) is 73.0 Å². The molecule has 0 aromatic carbocycles. The third-order valence-electron chi connectivity index (χ3n) is 3.10. The molecule has 1 amide bonds. The highest BCUT2D eigenvalue weighted by Crippen LogP contribution is 2.16. The zero-order valence-corrected chi connectivity index (χ0v) is 12.3. The van der Waals surface area contributed by atoms with Crippen LogP contribution in [0, 0.1) is 13.8 Å². The maximum atomic E-state index is 12.2. The summed E-state index contributed by atoms with van der Waals surface area (Å²) >= 11 is 0. The summed E-state index contributed by atoms with van der Waals surface area (Å²) in [5, 5.41) is 7.09. The van der Waals surface area contributed by atoms with E-state index in [0.29, 0.717) is 11.3 Å². The summed E-state index contributed by atoms with van der Waals surface area (Å²) in [6.45, 7) is 8.37. The molecule has 0 bridgehead atoms. The Morgan fingerprint density at radius 2 is 2.25 bits per heavy atom. The van der Waals surface area contributed by atoms with Crippen molar-refractivity contribution in [2.45, 2.75) is 46.7 Å². The maximum absolute atomic E-state index is 12.2. The van der Waals surface area contributed by atoms with Gasteiger partial charge in [0.15, 0.2) is 0 Å². The lowest BCUT2D eigenvalue weighted by Crippen LogP contribution is -2.29. The largest absolute Gasteiger partial charge is 0.466 e. The molecule has 2 aromatic heterocycles. The Hall–Kier alpha value is -2.11. The van der Waals surface area contributed by atoms with E-state index in [-0.39, 0.29) is 11.9 Å². The van der Waals surface area contributed by atoms with Crippen LogP contribution in [0.3, 0.4) is 0 Å². The van der Waals surface area contributed by atoms with E-state index in [1.807, 2.05) is 18.5 Å². The fourth-order valence-corrected chi connectivity index (χ4v) is 2.19. The van der Waals surface area contributed by atoms with Crippen LogP contribution in [0.25, 0.3) is 0 Å². The fourth-order valence-electron chi connectivity index (χ4n) is 2.19. The lowest BCUT2D eigenvalue weighted by atomic mass is 10.2. The zero-order chi connectivity index (χ0) is 14.7. The Morgan fingerprint density at radius 1 is 1.50 bits per heavy atom. The van der Waals surface area contributed by atoms with E-state index in [1.165, 1.54) is 6.33 Å². The number of amides is 1. The highest BCUT2D eigenvalue weighted by atomic mass is 16.3. The van der Waals surface area contributed by atoms with Crippen LogP contribution in [0.2, 0.25) is 0 Å². The second-order valence-electron chi connectivity index (χ2n) is 4.86. The number of carbonyl (C=O) groups excluding carboxylic acids is 1. The average molecular weight is 276 g/mol. The molecule has 6 heteroatoms. The van der Waals surface area contributed by atoms with E-state index in [0.717, 1.165) is 24.6 Å². The number of furan rings is 1. The van der Waals surface area contributed by atoms with Gasteiger partial charge in [-0.1, -0.05) is 6.92 Å². The van der Waals surface area contributed by atoms with Gasteiger partial charge in [-0.25, -0.2) is 9.67 Å². The van der Waals surface area contributed by atoms with Gasteiger partial charge in [0.1, 0.15) is 23.7 Å². The molecule has 2 rings (SSSR count). The van der Waals surface area contributed by atoms with Crippen molar-refractivity contribution in [3.63, 3.8) is 0 Å². The molecule has 2 aromatic rings. The monoisotopic (exact) mass is 276 g/mol. The quantitative estimate of drug-likeness (QED) is 0.910. The number of rotatable bonds is 5. The first-order valence-corrected chi connectivity index (χ1v) is 6.78. The molecule has 108 valence electrons. The summed E-state index contributed by atoms with van der Waals surface area (Å²) in [5.41, 5.74) is 0.566. The van der Waals surface area contributed by atoms with Crippen LogP contribution < -0.4 is 5.32 Å². The van der Waals surface area contributed by atoms with E-state index >= 15 is 0 Å². The molecule has 0 spiro atoms. The van der Waals surface area contributed by atoms with Gasteiger partial charge in [-0.3, -0.25) is 4.79 Å². The second kappa shape index (κ2) is 5.90. The van der Waals surface area contributed by atoms with Crippen molar-refractivity contribution < 1.29 is 9.21 Å². The standard InChI is InChI=1S/C14H20N4O2/c1-5-6-18-13(15-8-16-18)10(3)17-14(19)12-7-9(2)20-11(12)4/h7-8,10H,5-6H2,1-4H3,(H,17,19). The van der Waals surface area contributed by atoms with Crippen molar-refractivity contribution in [1.29, 1.82) is 0 Å². The molecule has 0 saturated carbocycles. The van der Waals surface area contributed by atoms with E-state index < -0.39 is 0 Å². The third-order valence-corrected chi connectivity index (χ3v) is 3.10. The number of hydrogen-bond acceptors (Lipinski definition) is 4. The highest BCUT2D eigenvalue weighted by molar-refractivity contribution is 5.95. The molecule has 0 saturated heterocycles. The predicted octanol–water partition coefficient (Wildman–Crippen LogP) is 2.39. The van der Waals surface area contributed by atoms with Gasteiger partial charge >= 0.3 is 0 Å². The molecule has 1 unspecified atom stereocenters. The summed E-state index contributed by atoms with van der Waals surface area (Å²) in [7, 11) is 0. The van der Waals surface area contributed by atoms with Crippen molar-refractivity contribution in [3.8, 4) is 0 Å². The van der Waals surface area contributed by atoms with Crippen LogP contribution in [0.1, 0.15) is 54.0 Å². The summed E-state index contributed by atoms with van der Waals surface area (Å²) in [6, 6.07) is 1.54. The Labute approximate surface area is 118 Å². The van der Waals surface area contributed by atoms with Gasteiger partial charge in [0.25, 0.3) is 5.91 Å². The highest BCUT2D eigenvalue weighted by Gasteiger charge is 2.19. The normalized spacial score (nSPS) is 12.4. The van der Waals surface area contributed by atoms with Gasteiger partial charge in [0, 0.05) is 6.54 Å². The van der Waals surface area contributed by atoms with Crippen LogP contribution in [0.15, 0.2) is 16.8 Å². The molecule has 1 atom stereocenters. The SMILES string of the molecule is CCCn1ncnc1C(C)NC(=O)c1cc(C)oc1C. The lowest BCUT2D eigenvalue weighted by molar-refractivity contribution is 0.0936. The predicted molar refractivity (Wildman–Crippen MR) is 74.4 cm³/mol. The molecule has 1 N–H and O–H groups in total. The molecule has 0 aliphatic carbocycles. The molecule has 2 heterocycles.